The number of para-hydroxylation sites is 1. The maximum atomic E-state index is 13.3. The summed E-state index contributed by atoms with van der Waals surface area (Å²) in [6.07, 6.45) is 6.31. The standard InChI is InChI=1S/C25H29N7O2S/c1-15-5-3-6-19-22(15)32(16-7-9-17(33)10-8-16)25(29-19)30-23(34)20-13-18(26)24(35-20)31(2)14-21-27-11-4-12-28-21/h3-6,11-13,16-17,33H,7-10,14,26H2,1-2H3,(H,29,30,34)/t16-,17-. The number of anilines is 3. The molecule has 1 aromatic carbocycles. The normalized spacial score (nSPS) is 18.0. The van der Waals surface area contributed by atoms with Gasteiger partial charge in [-0.25, -0.2) is 15.0 Å². The van der Waals surface area contributed by atoms with Gasteiger partial charge in [-0.05, 0) is 56.4 Å². The third kappa shape index (κ3) is 4.71. The molecule has 0 radical (unpaired) electrons. The summed E-state index contributed by atoms with van der Waals surface area (Å²) in [6.45, 7) is 2.54. The van der Waals surface area contributed by atoms with Gasteiger partial charge in [0, 0.05) is 25.5 Å². The molecule has 3 heterocycles. The fourth-order valence-corrected chi connectivity index (χ4v) is 5.68. The average Bonchev–Trinajstić information content (AvgIpc) is 3.41. The number of amides is 1. The number of nitrogen functional groups attached to an aromatic ring is 1. The number of benzene rings is 1. The summed E-state index contributed by atoms with van der Waals surface area (Å²) < 4.78 is 2.14. The number of aliphatic hydroxyl groups excluding tert-OH is 1. The van der Waals surface area contributed by atoms with E-state index < -0.39 is 0 Å². The molecule has 1 aliphatic carbocycles. The lowest BCUT2D eigenvalue weighted by atomic mass is 9.92. The number of nitrogens with one attached hydrogen (secondary N) is 1. The lowest BCUT2D eigenvalue weighted by Gasteiger charge is -2.28. The molecule has 0 spiro atoms. The number of thiophene rings is 1. The number of aliphatic hydroxyl groups is 1. The predicted molar refractivity (Wildman–Crippen MR) is 139 cm³/mol. The van der Waals surface area contributed by atoms with E-state index in [1.807, 2.05) is 24.1 Å². The Morgan fingerprint density at radius 1 is 1.23 bits per heavy atom. The second kappa shape index (κ2) is 9.63. The van der Waals surface area contributed by atoms with Crippen LogP contribution in [0.4, 0.5) is 16.6 Å². The Kier molecular flexibility index (Phi) is 6.40. The van der Waals surface area contributed by atoms with Crippen molar-refractivity contribution in [1.29, 1.82) is 0 Å². The number of hydrogen-bond acceptors (Lipinski definition) is 8. The van der Waals surface area contributed by atoms with E-state index in [1.54, 1.807) is 24.5 Å². The van der Waals surface area contributed by atoms with Gasteiger partial charge in [0.25, 0.3) is 5.91 Å². The van der Waals surface area contributed by atoms with Crippen molar-refractivity contribution in [3.05, 3.63) is 59.0 Å². The first-order valence-corrected chi connectivity index (χ1v) is 12.6. The zero-order chi connectivity index (χ0) is 24.5. The second-order valence-corrected chi connectivity index (χ2v) is 10.1. The Morgan fingerprint density at radius 3 is 2.71 bits per heavy atom. The van der Waals surface area contributed by atoms with Crippen molar-refractivity contribution in [3.8, 4) is 0 Å². The van der Waals surface area contributed by atoms with Crippen molar-refractivity contribution < 1.29 is 9.90 Å². The van der Waals surface area contributed by atoms with Gasteiger partial charge in [-0.3, -0.25) is 10.1 Å². The molecular formula is C25H29N7O2S. The van der Waals surface area contributed by atoms with E-state index in [-0.39, 0.29) is 18.1 Å². The Hall–Kier alpha value is -3.50. The molecule has 1 amide bonds. The number of carbonyl (C=O) groups excluding carboxylic acids is 1. The highest BCUT2D eigenvalue weighted by molar-refractivity contribution is 7.18. The van der Waals surface area contributed by atoms with E-state index in [0.29, 0.717) is 28.9 Å². The number of nitrogens with zero attached hydrogens (tertiary/aromatic N) is 5. The monoisotopic (exact) mass is 491 g/mol. The molecule has 10 heteroatoms. The molecule has 1 aliphatic rings. The van der Waals surface area contributed by atoms with E-state index in [9.17, 15) is 9.90 Å². The number of nitrogens with two attached hydrogens (primary N) is 1. The molecule has 0 bridgehead atoms. The van der Waals surface area contributed by atoms with Crippen LogP contribution in [0.25, 0.3) is 11.0 Å². The highest BCUT2D eigenvalue weighted by atomic mass is 32.1. The van der Waals surface area contributed by atoms with Gasteiger partial charge < -0.3 is 20.3 Å². The summed E-state index contributed by atoms with van der Waals surface area (Å²) in [4.78, 5) is 29.1. The molecule has 4 N–H and O–H groups in total. The van der Waals surface area contributed by atoms with Crippen molar-refractivity contribution in [3.63, 3.8) is 0 Å². The van der Waals surface area contributed by atoms with Crippen molar-refractivity contribution in [2.75, 3.05) is 23.0 Å². The number of fused-ring (bicyclic) bond motifs is 1. The van der Waals surface area contributed by atoms with Crippen molar-refractivity contribution in [2.24, 2.45) is 0 Å². The highest BCUT2D eigenvalue weighted by Gasteiger charge is 2.27. The molecule has 1 saturated carbocycles. The zero-order valence-corrected chi connectivity index (χ0v) is 20.6. The van der Waals surface area contributed by atoms with Gasteiger partial charge in [-0.15, -0.1) is 11.3 Å². The number of imidazole rings is 1. The smallest absolute Gasteiger partial charge is 0.268 e. The third-order valence-corrected chi connectivity index (χ3v) is 7.74. The zero-order valence-electron chi connectivity index (χ0n) is 19.8. The molecule has 4 aromatic rings. The minimum Gasteiger partial charge on any atom is -0.396 e. The van der Waals surface area contributed by atoms with Crippen LogP contribution in [0.3, 0.4) is 0 Å². The molecule has 3 aromatic heterocycles. The quantitative estimate of drug-likeness (QED) is 0.370. The molecule has 1 fully saturated rings. The Bertz CT molecular complexity index is 1340. The lowest BCUT2D eigenvalue weighted by molar-refractivity contribution is 0.102. The van der Waals surface area contributed by atoms with Gasteiger partial charge in [0.2, 0.25) is 5.95 Å². The summed E-state index contributed by atoms with van der Waals surface area (Å²) in [5.74, 6) is 0.957. The highest BCUT2D eigenvalue weighted by Crippen LogP contribution is 2.37. The van der Waals surface area contributed by atoms with Crippen LogP contribution in [0.15, 0.2) is 42.7 Å². The summed E-state index contributed by atoms with van der Waals surface area (Å²) in [5.41, 5.74) is 9.78. The van der Waals surface area contributed by atoms with Gasteiger partial charge in [0.05, 0.1) is 34.2 Å². The van der Waals surface area contributed by atoms with Crippen molar-refractivity contribution in [1.82, 2.24) is 19.5 Å². The van der Waals surface area contributed by atoms with Crippen LogP contribution < -0.4 is 16.0 Å². The maximum absolute atomic E-state index is 13.3. The average molecular weight is 492 g/mol. The summed E-state index contributed by atoms with van der Waals surface area (Å²) in [7, 11) is 1.90. The van der Waals surface area contributed by atoms with Gasteiger partial charge in [-0.1, -0.05) is 12.1 Å². The first-order valence-electron chi connectivity index (χ1n) is 11.7. The van der Waals surface area contributed by atoms with E-state index in [1.165, 1.54) is 11.3 Å². The van der Waals surface area contributed by atoms with Crippen LogP contribution >= 0.6 is 11.3 Å². The van der Waals surface area contributed by atoms with Crippen LogP contribution in [0.1, 0.15) is 52.8 Å². The number of aryl methyl sites for hydroxylation is 1. The first-order chi connectivity index (χ1) is 16.9. The SMILES string of the molecule is Cc1cccc2nc(NC(=O)c3cc(N)c(N(C)Cc4ncccn4)s3)n([C@H]3CC[C@H](O)CC3)c12. The third-order valence-electron chi connectivity index (χ3n) is 6.48. The molecule has 0 atom stereocenters. The molecule has 35 heavy (non-hydrogen) atoms. The molecule has 0 saturated heterocycles. The van der Waals surface area contributed by atoms with Crippen LogP contribution in [-0.4, -0.2) is 43.7 Å². The Balaban J connectivity index is 1.42. The van der Waals surface area contributed by atoms with Gasteiger partial charge in [0.15, 0.2) is 0 Å². The number of hydrogen-bond donors (Lipinski definition) is 3. The minimum atomic E-state index is -0.258. The molecule has 5 rings (SSSR count). The summed E-state index contributed by atoms with van der Waals surface area (Å²) in [5, 5.41) is 13.8. The molecule has 9 nitrogen and oxygen atoms in total. The molecule has 0 unspecified atom stereocenters. The van der Waals surface area contributed by atoms with Gasteiger partial charge in [0.1, 0.15) is 10.8 Å². The number of carbonyl (C=O) groups is 1. The molecular weight excluding hydrogens is 462 g/mol. The Labute approximate surface area is 207 Å². The largest absolute Gasteiger partial charge is 0.396 e. The van der Waals surface area contributed by atoms with Gasteiger partial charge in [-0.2, -0.15) is 0 Å². The maximum Gasteiger partial charge on any atom is 0.268 e. The first kappa shape index (κ1) is 23.3. The van der Waals surface area contributed by atoms with Gasteiger partial charge >= 0.3 is 0 Å². The summed E-state index contributed by atoms with van der Waals surface area (Å²) in [6, 6.07) is 9.64. The fraction of sp³-hybridized carbons (Fsp3) is 0.360. The lowest BCUT2D eigenvalue weighted by Crippen LogP contribution is -2.23. The van der Waals surface area contributed by atoms with Crippen molar-refractivity contribution in [2.45, 2.75) is 51.3 Å². The van der Waals surface area contributed by atoms with Crippen molar-refractivity contribution >= 4 is 44.9 Å². The topological polar surface area (TPSA) is 122 Å². The van der Waals surface area contributed by atoms with E-state index in [4.69, 9.17) is 10.7 Å². The van der Waals surface area contributed by atoms with Crippen LogP contribution in [0, 0.1) is 6.92 Å². The number of aromatic nitrogens is 4. The van der Waals surface area contributed by atoms with Crippen LogP contribution in [-0.2, 0) is 6.54 Å². The van der Waals surface area contributed by atoms with E-state index in [2.05, 4.69) is 32.8 Å². The number of rotatable bonds is 6. The summed E-state index contributed by atoms with van der Waals surface area (Å²) >= 11 is 1.33. The molecule has 0 aliphatic heterocycles. The van der Waals surface area contributed by atoms with E-state index >= 15 is 0 Å². The second-order valence-electron chi connectivity index (χ2n) is 9.06. The van der Waals surface area contributed by atoms with E-state index in [0.717, 1.165) is 47.3 Å². The minimum absolute atomic E-state index is 0.167. The molecule has 182 valence electrons. The predicted octanol–water partition coefficient (Wildman–Crippen LogP) is 4.14. The Morgan fingerprint density at radius 2 is 1.97 bits per heavy atom. The van der Waals surface area contributed by atoms with Crippen LogP contribution in [0.2, 0.25) is 0 Å². The fourth-order valence-electron chi connectivity index (χ4n) is 4.75. The van der Waals surface area contributed by atoms with Crippen LogP contribution in [0.5, 0.6) is 0 Å².